The summed E-state index contributed by atoms with van der Waals surface area (Å²) in [7, 11) is 0. The van der Waals surface area contributed by atoms with Gasteiger partial charge in [-0.15, -0.1) is 0 Å². The molecule has 86 valence electrons. The Hall–Kier alpha value is -1.58. The van der Waals surface area contributed by atoms with E-state index in [2.05, 4.69) is 18.2 Å². The number of rotatable bonds is 0. The number of benzene rings is 2. The van der Waals surface area contributed by atoms with E-state index in [4.69, 9.17) is 14.2 Å². The van der Waals surface area contributed by atoms with Crippen molar-refractivity contribution in [2.75, 3.05) is 13.2 Å². The summed E-state index contributed by atoms with van der Waals surface area (Å²) in [6.45, 7) is 1.19. The summed E-state index contributed by atoms with van der Waals surface area (Å²) in [5, 5.41) is 2.34. The maximum atomic E-state index is 5.81. The van der Waals surface area contributed by atoms with Gasteiger partial charge in [0.1, 0.15) is 18.5 Å². The second-order valence-corrected chi connectivity index (χ2v) is 4.43. The predicted molar refractivity (Wildman–Crippen MR) is 63.0 cm³/mol. The molecule has 4 rings (SSSR count). The standard InChI is InChI=1S/C14H12O3/c1-2-4-11-9(3-1)5-6-12-13(11)14-16-8-10(17-14)7-15-12/h1-6,10,14H,7-8H2. The van der Waals surface area contributed by atoms with Crippen molar-refractivity contribution in [3.05, 3.63) is 42.0 Å². The summed E-state index contributed by atoms with van der Waals surface area (Å²) in [4.78, 5) is 0. The predicted octanol–water partition coefficient (Wildman–Crippen LogP) is 2.65. The quantitative estimate of drug-likeness (QED) is 0.693. The smallest absolute Gasteiger partial charge is 0.188 e. The fourth-order valence-corrected chi connectivity index (χ4v) is 2.51. The lowest BCUT2D eigenvalue weighted by molar-refractivity contribution is -0.0570. The van der Waals surface area contributed by atoms with E-state index in [0.717, 1.165) is 16.7 Å². The van der Waals surface area contributed by atoms with Gasteiger partial charge < -0.3 is 14.2 Å². The fourth-order valence-electron chi connectivity index (χ4n) is 2.51. The third kappa shape index (κ3) is 1.36. The summed E-state index contributed by atoms with van der Waals surface area (Å²) in [5.74, 6) is 0.885. The Morgan fingerprint density at radius 2 is 1.94 bits per heavy atom. The summed E-state index contributed by atoms with van der Waals surface area (Å²) >= 11 is 0. The van der Waals surface area contributed by atoms with E-state index in [1.807, 2.05) is 18.2 Å². The van der Waals surface area contributed by atoms with Crippen molar-refractivity contribution < 1.29 is 14.2 Å². The molecule has 2 atom stereocenters. The Balaban J connectivity index is 2.01. The van der Waals surface area contributed by atoms with Crippen LogP contribution in [0, 0.1) is 0 Å². The van der Waals surface area contributed by atoms with Crippen molar-refractivity contribution in [3.63, 3.8) is 0 Å². The van der Waals surface area contributed by atoms with Crippen molar-refractivity contribution in [1.29, 1.82) is 0 Å². The lowest BCUT2D eigenvalue weighted by atomic mass is 10.0. The molecular weight excluding hydrogens is 216 g/mol. The van der Waals surface area contributed by atoms with Crippen LogP contribution in [0.2, 0.25) is 0 Å². The molecule has 0 aliphatic carbocycles. The molecule has 0 aromatic heterocycles. The molecule has 0 N–H and O–H groups in total. The molecule has 1 fully saturated rings. The maximum Gasteiger partial charge on any atom is 0.188 e. The first kappa shape index (κ1) is 9.45. The molecule has 2 aromatic rings. The van der Waals surface area contributed by atoms with Gasteiger partial charge in [-0.2, -0.15) is 0 Å². The summed E-state index contributed by atoms with van der Waals surface area (Å²) in [5.41, 5.74) is 1.03. The van der Waals surface area contributed by atoms with Crippen molar-refractivity contribution in [2.45, 2.75) is 12.4 Å². The van der Waals surface area contributed by atoms with Crippen molar-refractivity contribution in [2.24, 2.45) is 0 Å². The van der Waals surface area contributed by atoms with Gasteiger partial charge in [0.05, 0.1) is 12.2 Å². The van der Waals surface area contributed by atoms with Crippen LogP contribution in [-0.4, -0.2) is 19.3 Å². The first-order chi connectivity index (χ1) is 8.42. The summed E-state index contributed by atoms with van der Waals surface area (Å²) in [6.07, 6.45) is -0.213. The minimum atomic E-state index is -0.274. The molecule has 2 aromatic carbocycles. The molecule has 0 spiro atoms. The lowest BCUT2D eigenvalue weighted by Crippen LogP contribution is -2.18. The third-order valence-corrected chi connectivity index (χ3v) is 3.34. The van der Waals surface area contributed by atoms with E-state index in [9.17, 15) is 0 Å². The second-order valence-electron chi connectivity index (χ2n) is 4.43. The number of hydrogen-bond acceptors (Lipinski definition) is 3. The second kappa shape index (κ2) is 3.45. The van der Waals surface area contributed by atoms with Crippen molar-refractivity contribution >= 4 is 10.8 Å². The molecule has 1 saturated heterocycles. The highest BCUT2D eigenvalue weighted by atomic mass is 16.7. The largest absolute Gasteiger partial charge is 0.490 e. The van der Waals surface area contributed by atoms with E-state index >= 15 is 0 Å². The minimum Gasteiger partial charge on any atom is -0.490 e. The Morgan fingerprint density at radius 3 is 2.94 bits per heavy atom. The van der Waals surface area contributed by atoms with Gasteiger partial charge in [-0.05, 0) is 16.8 Å². The normalized spacial score (nSPS) is 26.4. The highest BCUT2D eigenvalue weighted by molar-refractivity contribution is 5.88. The molecular formula is C14H12O3. The van der Waals surface area contributed by atoms with E-state index in [1.54, 1.807) is 0 Å². The Bertz CT molecular complexity index is 579. The van der Waals surface area contributed by atoms with Gasteiger partial charge in [0.25, 0.3) is 0 Å². The summed E-state index contributed by atoms with van der Waals surface area (Å²) in [6, 6.07) is 12.3. The zero-order valence-corrected chi connectivity index (χ0v) is 9.26. The van der Waals surface area contributed by atoms with Gasteiger partial charge in [-0.3, -0.25) is 0 Å². The van der Waals surface area contributed by atoms with Gasteiger partial charge in [0, 0.05) is 0 Å². The summed E-state index contributed by atoms with van der Waals surface area (Å²) < 4.78 is 17.3. The van der Waals surface area contributed by atoms with Gasteiger partial charge in [0.2, 0.25) is 0 Å². The van der Waals surface area contributed by atoms with Crippen LogP contribution in [0.15, 0.2) is 36.4 Å². The topological polar surface area (TPSA) is 27.7 Å². The lowest BCUT2D eigenvalue weighted by Gasteiger charge is -2.15. The Kier molecular flexibility index (Phi) is 1.92. The number of hydrogen-bond donors (Lipinski definition) is 0. The van der Waals surface area contributed by atoms with Gasteiger partial charge in [-0.1, -0.05) is 30.3 Å². The van der Waals surface area contributed by atoms with Crippen molar-refractivity contribution in [3.8, 4) is 5.75 Å². The Morgan fingerprint density at radius 1 is 1.00 bits per heavy atom. The fraction of sp³-hybridized carbons (Fsp3) is 0.286. The van der Waals surface area contributed by atoms with Crippen LogP contribution in [0.4, 0.5) is 0 Å². The highest BCUT2D eigenvalue weighted by Gasteiger charge is 2.34. The third-order valence-electron chi connectivity index (χ3n) is 3.34. The van der Waals surface area contributed by atoms with E-state index in [-0.39, 0.29) is 12.4 Å². The van der Waals surface area contributed by atoms with Crippen LogP contribution in [0.25, 0.3) is 10.8 Å². The molecule has 17 heavy (non-hydrogen) atoms. The van der Waals surface area contributed by atoms with Gasteiger partial charge in [-0.25, -0.2) is 0 Å². The molecule has 2 aliphatic heterocycles. The molecule has 2 heterocycles. The Labute approximate surface area is 98.9 Å². The van der Waals surface area contributed by atoms with Gasteiger partial charge >= 0.3 is 0 Å². The molecule has 2 unspecified atom stereocenters. The minimum absolute atomic E-state index is 0.0613. The molecule has 3 nitrogen and oxygen atoms in total. The van der Waals surface area contributed by atoms with Crippen LogP contribution in [0.1, 0.15) is 11.9 Å². The molecule has 0 saturated carbocycles. The van der Waals surface area contributed by atoms with Gasteiger partial charge in [0.15, 0.2) is 6.29 Å². The molecule has 2 aliphatic rings. The van der Waals surface area contributed by atoms with E-state index in [1.165, 1.54) is 5.39 Å². The molecule has 0 radical (unpaired) electrons. The van der Waals surface area contributed by atoms with Crippen LogP contribution in [-0.2, 0) is 9.47 Å². The maximum absolute atomic E-state index is 5.81. The van der Waals surface area contributed by atoms with E-state index in [0.29, 0.717) is 13.2 Å². The first-order valence-corrected chi connectivity index (χ1v) is 5.83. The average Bonchev–Trinajstić information content (AvgIpc) is 2.74. The molecule has 0 amide bonds. The van der Waals surface area contributed by atoms with Crippen molar-refractivity contribution in [1.82, 2.24) is 0 Å². The average molecular weight is 228 g/mol. The van der Waals surface area contributed by atoms with Crippen LogP contribution in [0.3, 0.4) is 0 Å². The van der Waals surface area contributed by atoms with Crippen LogP contribution in [0.5, 0.6) is 5.75 Å². The zero-order chi connectivity index (χ0) is 11.2. The van der Waals surface area contributed by atoms with Crippen LogP contribution < -0.4 is 4.74 Å². The first-order valence-electron chi connectivity index (χ1n) is 5.83. The highest BCUT2D eigenvalue weighted by Crippen LogP contribution is 2.40. The van der Waals surface area contributed by atoms with E-state index < -0.39 is 0 Å². The monoisotopic (exact) mass is 228 g/mol. The molecule has 3 heteroatoms. The zero-order valence-electron chi connectivity index (χ0n) is 9.26. The molecule has 2 bridgehead atoms. The number of fused-ring (bicyclic) bond motifs is 6. The number of ether oxygens (including phenoxy) is 3. The van der Waals surface area contributed by atoms with Crippen LogP contribution >= 0.6 is 0 Å². The SMILES string of the molecule is c1ccc2c3c(ccc2c1)OCC1COC3O1.